The van der Waals surface area contributed by atoms with Crippen LogP contribution >= 0.6 is 0 Å². The molecule has 0 amide bonds. The first-order valence-corrected chi connectivity index (χ1v) is 6.65. The molecule has 3 N–H and O–H groups in total. The summed E-state index contributed by atoms with van der Waals surface area (Å²) in [7, 11) is 0. The number of para-hydroxylation sites is 1. The number of benzene rings is 1. The number of nitrogens with one attached hydrogen (secondary N) is 1. The van der Waals surface area contributed by atoms with Gasteiger partial charge < -0.3 is 36.3 Å². The van der Waals surface area contributed by atoms with Crippen molar-refractivity contribution < 1.29 is 80.6 Å². The summed E-state index contributed by atoms with van der Waals surface area (Å²) in [5.41, 5.74) is 7.06. The number of rotatable bonds is 2. The van der Waals surface area contributed by atoms with Crippen molar-refractivity contribution in [3.63, 3.8) is 0 Å². The summed E-state index contributed by atoms with van der Waals surface area (Å²) >= 11 is 0. The van der Waals surface area contributed by atoms with Crippen molar-refractivity contribution in [3.05, 3.63) is 62.5 Å². The van der Waals surface area contributed by atoms with Gasteiger partial charge >= 0.3 is 39.9 Å². The molecular weight excluding hydrogens is 604 g/mol. The number of pyridine rings is 1. The molecule has 2 rings (SSSR count). The zero-order valence-corrected chi connectivity index (χ0v) is 18.2. The standard InChI is InChI=1S/C9H7NO.C4H7NO3.2HNO3.Th/c11-8-5-1-3-7-4-2-6-10-9(7)8;1-2(6)3(5)4(7)8;2*2-1(3)4;/h1-6,11H;2-3,5H,1H3,(H,7,8);2*(H,2,3,4);/q;-2;;;+4/p-2. The Hall–Kier alpha value is -2.46. The molecule has 14 nitrogen and oxygen atoms in total. The average Bonchev–Trinajstić information content (AvgIpc) is 2.54. The maximum atomic E-state index is 11.1. The monoisotopic (exact) mass is 618 g/mol. The second kappa shape index (κ2) is 16.7. The van der Waals surface area contributed by atoms with E-state index < -0.39 is 28.3 Å². The van der Waals surface area contributed by atoms with Gasteiger partial charge in [0.25, 0.3) is 10.2 Å². The molecule has 0 spiro atoms. The molecule has 15 heteroatoms. The molecule has 0 bridgehead atoms. The fourth-order valence-electron chi connectivity index (χ4n) is 1.27. The Morgan fingerprint density at radius 3 is 1.89 bits per heavy atom. The van der Waals surface area contributed by atoms with E-state index in [4.69, 9.17) is 36.4 Å². The summed E-state index contributed by atoms with van der Waals surface area (Å²) < 4.78 is 0. The van der Waals surface area contributed by atoms with Crippen LogP contribution in [0, 0.1) is 60.2 Å². The Balaban J connectivity index is -0.000000326. The number of fused-ring (bicyclic) bond motifs is 1. The predicted octanol–water partition coefficient (Wildman–Crippen LogP) is -1.48. The molecule has 2 aromatic rings. The van der Waals surface area contributed by atoms with Gasteiger partial charge in [-0.05, 0) is 11.5 Å². The molecule has 2 unspecified atom stereocenters. The third-order valence-corrected chi connectivity index (χ3v) is 2.32. The quantitative estimate of drug-likeness (QED) is 0.290. The van der Waals surface area contributed by atoms with Crippen LogP contribution in [0.4, 0.5) is 0 Å². The number of carbonyl (C=O) groups is 1. The third-order valence-electron chi connectivity index (χ3n) is 2.32. The van der Waals surface area contributed by atoms with Crippen molar-refractivity contribution in [1.82, 2.24) is 4.98 Å². The van der Waals surface area contributed by atoms with Crippen LogP contribution in [0.1, 0.15) is 6.92 Å². The minimum Gasteiger partial charge on any atom is -0.871 e. The fraction of sp³-hybridized carbons (Fsp3) is 0.231. The van der Waals surface area contributed by atoms with Crippen molar-refractivity contribution in [2.45, 2.75) is 19.1 Å². The van der Waals surface area contributed by atoms with E-state index in [1.807, 2.05) is 18.2 Å². The van der Waals surface area contributed by atoms with Gasteiger partial charge in [-0.15, -0.1) is 32.4 Å². The summed E-state index contributed by atoms with van der Waals surface area (Å²) in [5.74, 6) is -1.62. The number of aliphatic carboxylic acids is 1. The Morgan fingerprint density at radius 2 is 1.57 bits per heavy atom. The SMILES string of the molecule is CC([O-])C([NH-])C(=O)[O-].O=[N+]([O-])O.O=[N+]([O-])O.[O-]c1cccc2cccnc12.[Th+4]. The van der Waals surface area contributed by atoms with Gasteiger partial charge in [0.2, 0.25) is 0 Å². The van der Waals surface area contributed by atoms with Crippen LogP contribution < -0.4 is 15.3 Å². The normalized spacial score (nSPS) is 10.7. The Morgan fingerprint density at radius 1 is 1.14 bits per heavy atom. The smallest absolute Gasteiger partial charge is 0.871 e. The maximum absolute atomic E-state index is 11.1. The van der Waals surface area contributed by atoms with Crippen LogP contribution in [-0.4, -0.2) is 43.7 Å². The topological polar surface area (TPSA) is 250 Å². The largest absolute Gasteiger partial charge is 4.00 e. The average molecular weight is 618 g/mol. The summed E-state index contributed by atoms with van der Waals surface area (Å²) in [4.78, 5) is 30.3. The molecule has 1 heterocycles. The Kier molecular flexibility index (Phi) is 18.1. The van der Waals surface area contributed by atoms with Gasteiger partial charge in [-0.2, -0.15) is 0 Å². The number of hydrogen-bond acceptors (Lipinski definition) is 9. The van der Waals surface area contributed by atoms with Gasteiger partial charge in [0, 0.05) is 12.2 Å². The van der Waals surface area contributed by atoms with Crippen LogP contribution in [0.5, 0.6) is 5.75 Å². The van der Waals surface area contributed by atoms with Crippen molar-refractivity contribution in [1.29, 1.82) is 0 Å². The van der Waals surface area contributed by atoms with Gasteiger partial charge in [0.1, 0.15) is 0 Å². The van der Waals surface area contributed by atoms with E-state index in [1.165, 1.54) is 6.07 Å². The van der Waals surface area contributed by atoms with Crippen LogP contribution in [-0.2, 0) is 4.79 Å². The van der Waals surface area contributed by atoms with Crippen molar-refractivity contribution in [2.75, 3.05) is 0 Å². The first-order valence-electron chi connectivity index (χ1n) is 6.65. The molecule has 0 aliphatic heterocycles. The maximum Gasteiger partial charge on any atom is 4.00 e. The van der Waals surface area contributed by atoms with Crippen molar-refractivity contribution in [3.8, 4) is 5.75 Å². The van der Waals surface area contributed by atoms with E-state index >= 15 is 0 Å². The molecule has 0 saturated heterocycles. The van der Waals surface area contributed by atoms with Gasteiger partial charge in [0.05, 0.1) is 5.52 Å². The van der Waals surface area contributed by atoms with Gasteiger partial charge in [-0.25, -0.2) is 0 Å². The number of carboxylic acids is 1. The molecule has 0 fully saturated rings. The van der Waals surface area contributed by atoms with E-state index in [9.17, 15) is 20.1 Å². The molecule has 28 heavy (non-hydrogen) atoms. The number of hydrogen-bond donors (Lipinski definition) is 2. The Bertz CT molecular complexity index is 721. The van der Waals surface area contributed by atoms with Crippen LogP contribution in [0.15, 0.2) is 36.5 Å². The van der Waals surface area contributed by atoms with E-state index in [0.29, 0.717) is 5.52 Å². The molecular formula is C13H14N4O10Th. The molecule has 2 atom stereocenters. The number of nitrogens with zero attached hydrogens (tertiary/aromatic N) is 3. The second-order valence-corrected chi connectivity index (χ2v) is 4.31. The van der Waals surface area contributed by atoms with Crippen LogP contribution in [0.25, 0.3) is 16.6 Å². The molecule has 0 aliphatic rings. The molecule has 1 aromatic heterocycles. The number of aromatic nitrogens is 1. The molecule has 150 valence electrons. The summed E-state index contributed by atoms with van der Waals surface area (Å²) in [6.45, 7) is 1.12. The van der Waals surface area contributed by atoms with Gasteiger partial charge in [-0.3, -0.25) is 4.98 Å². The van der Waals surface area contributed by atoms with E-state index in [0.717, 1.165) is 12.3 Å². The minimum absolute atomic E-state index is 0. The zero-order chi connectivity index (χ0) is 21.6. The van der Waals surface area contributed by atoms with E-state index in [-0.39, 0.29) is 45.7 Å². The van der Waals surface area contributed by atoms with Crippen molar-refractivity contribution >= 4 is 16.9 Å². The number of carboxylic acid groups (broad SMARTS) is 1. The predicted molar refractivity (Wildman–Crippen MR) is 81.3 cm³/mol. The molecule has 0 radical (unpaired) electrons. The van der Waals surface area contributed by atoms with Crippen LogP contribution in [0.3, 0.4) is 0 Å². The van der Waals surface area contributed by atoms with E-state index in [1.54, 1.807) is 12.3 Å². The Labute approximate surface area is 189 Å². The van der Waals surface area contributed by atoms with Crippen LogP contribution in [0.2, 0.25) is 0 Å². The second-order valence-electron chi connectivity index (χ2n) is 4.31. The first kappa shape index (κ1) is 30.3. The van der Waals surface area contributed by atoms with Crippen molar-refractivity contribution in [2.24, 2.45) is 0 Å². The number of carbonyl (C=O) groups excluding carboxylic acids is 1. The van der Waals surface area contributed by atoms with E-state index in [2.05, 4.69) is 4.98 Å². The summed E-state index contributed by atoms with van der Waals surface area (Å²) in [6, 6.07) is 7.21. The van der Waals surface area contributed by atoms with Gasteiger partial charge in [-0.1, -0.05) is 36.9 Å². The zero-order valence-electron chi connectivity index (χ0n) is 14.1. The minimum atomic E-state index is -1.63. The summed E-state index contributed by atoms with van der Waals surface area (Å²) in [5, 5.41) is 59.0. The fourth-order valence-corrected chi connectivity index (χ4v) is 1.27. The summed E-state index contributed by atoms with van der Waals surface area (Å²) in [6.07, 6.45) is 0.226. The molecule has 1 aromatic carbocycles. The molecule has 0 aliphatic carbocycles. The molecule has 0 saturated carbocycles. The first-order chi connectivity index (χ1) is 12.4. The third kappa shape index (κ3) is 17.0. The van der Waals surface area contributed by atoms with Gasteiger partial charge in [0.15, 0.2) is 0 Å².